The zero-order valence-corrected chi connectivity index (χ0v) is 11.6. The van der Waals surface area contributed by atoms with Crippen molar-refractivity contribution in [3.05, 3.63) is 58.9 Å². The number of aryl methyl sites for hydroxylation is 2. The number of aliphatic hydroxyl groups is 1. The number of hydrogen-bond acceptors (Lipinski definition) is 3. The van der Waals surface area contributed by atoms with Crippen LogP contribution in [0.5, 0.6) is 5.75 Å². The van der Waals surface area contributed by atoms with Crippen LogP contribution < -0.4 is 4.74 Å². The molecule has 1 heterocycles. The highest BCUT2D eigenvalue weighted by molar-refractivity contribution is 5.37. The summed E-state index contributed by atoms with van der Waals surface area (Å²) in [5, 5.41) is 9.53. The number of hydrogen-bond donors (Lipinski definition) is 1. The molecule has 2 rings (SSSR count). The minimum Gasteiger partial charge on any atom is -0.489 e. The summed E-state index contributed by atoms with van der Waals surface area (Å²) in [6.07, 6.45) is 3.19. The second kappa shape index (κ2) is 5.85. The molecule has 0 fully saturated rings. The maximum atomic E-state index is 9.53. The Morgan fingerprint density at radius 1 is 1.21 bits per heavy atom. The van der Waals surface area contributed by atoms with E-state index >= 15 is 0 Å². The highest BCUT2D eigenvalue weighted by atomic mass is 16.5. The van der Waals surface area contributed by atoms with Crippen molar-refractivity contribution in [1.29, 1.82) is 0 Å². The van der Waals surface area contributed by atoms with Gasteiger partial charge in [-0.25, -0.2) is 0 Å². The standard InChI is InChI=1S/C16H19NO2/c1-11-6-14(9-17-8-11)10-19-16-5-4-15(13(3)18)7-12(16)2/h4-9,13,18H,10H2,1-3H3. The quantitative estimate of drug-likeness (QED) is 0.913. The normalized spacial score (nSPS) is 12.2. The van der Waals surface area contributed by atoms with Gasteiger partial charge in [-0.3, -0.25) is 4.98 Å². The first kappa shape index (κ1) is 13.6. The van der Waals surface area contributed by atoms with E-state index in [9.17, 15) is 5.11 Å². The molecule has 0 aliphatic heterocycles. The van der Waals surface area contributed by atoms with Crippen molar-refractivity contribution in [3.63, 3.8) is 0 Å². The van der Waals surface area contributed by atoms with Gasteiger partial charge in [-0.1, -0.05) is 6.07 Å². The zero-order chi connectivity index (χ0) is 13.8. The van der Waals surface area contributed by atoms with Crippen LogP contribution in [0.15, 0.2) is 36.7 Å². The Bertz CT molecular complexity index is 564. The number of nitrogens with zero attached hydrogens (tertiary/aromatic N) is 1. The van der Waals surface area contributed by atoms with Crippen LogP contribution in [0.1, 0.15) is 35.3 Å². The molecule has 1 aromatic heterocycles. The van der Waals surface area contributed by atoms with Crippen molar-refractivity contribution in [1.82, 2.24) is 4.98 Å². The molecule has 1 atom stereocenters. The van der Waals surface area contributed by atoms with Crippen LogP contribution in [0.4, 0.5) is 0 Å². The summed E-state index contributed by atoms with van der Waals surface area (Å²) in [5.41, 5.74) is 4.11. The maximum Gasteiger partial charge on any atom is 0.122 e. The van der Waals surface area contributed by atoms with Gasteiger partial charge in [0.25, 0.3) is 0 Å². The number of rotatable bonds is 4. The lowest BCUT2D eigenvalue weighted by Crippen LogP contribution is -1.99. The van der Waals surface area contributed by atoms with Crippen LogP contribution in [-0.2, 0) is 6.61 Å². The summed E-state index contributed by atoms with van der Waals surface area (Å²) in [5.74, 6) is 0.839. The van der Waals surface area contributed by atoms with Gasteiger partial charge in [0.15, 0.2) is 0 Å². The number of aromatic nitrogens is 1. The SMILES string of the molecule is Cc1cncc(COc2ccc(C(C)O)cc2C)c1. The molecular formula is C16H19NO2. The number of aliphatic hydroxyl groups excluding tert-OH is 1. The lowest BCUT2D eigenvalue weighted by Gasteiger charge is -2.12. The van der Waals surface area contributed by atoms with Crippen molar-refractivity contribution < 1.29 is 9.84 Å². The molecule has 3 nitrogen and oxygen atoms in total. The van der Waals surface area contributed by atoms with Crippen LogP contribution in [0.2, 0.25) is 0 Å². The Kier molecular flexibility index (Phi) is 4.17. The van der Waals surface area contributed by atoms with E-state index in [0.29, 0.717) is 6.61 Å². The predicted octanol–water partition coefficient (Wildman–Crippen LogP) is 3.33. The summed E-state index contributed by atoms with van der Waals surface area (Å²) in [4.78, 5) is 4.14. The number of benzene rings is 1. The molecule has 0 aliphatic rings. The van der Waals surface area contributed by atoms with Gasteiger partial charge in [0.1, 0.15) is 12.4 Å². The second-order valence-electron chi connectivity index (χ2n) is 4.86. The molecule has 2 aromatic rings. The Morgan fingerprint density at radius 3 is 2.63 bits per heavy atom. The van der Waals surface area contributed by atoms with Crippen molar-refractivity contribution in [2.75, 3.05) is 0 Å². The fourth-order valence-corrected chi connectivity index (χ4v) is 1.95. The van der Waals surface area contributed by atoms with Crippen LogP contribution >= 0.6 is 0 Å². The van der Waals surface area contributed by atoms with Gasteiger partial charge in [-0.05, 0) is 55.7 Å². The molecule has 1 N–H and O–H groups in total. The predicted molar refractivity (Wildman–Crippen MR) is 75.1 cm³/mol. The summed E-state index contributed by atoms with van der Waals surface area (Å²) in [6.45, 7) is 6.26. The first-order valence-corrected chi connectivity index (χ1v) is 6.38. The zero-order valence-electron chi connectivity index (χ0n) is 11.6. The van der Waals surface area contributed by atoms with Crippen molar-refractivity contribution in [3.8, 4) is 5.75 Å². The highest BCUT2D eigenvalue weighted by Crippen LogP contribution is 2.23. The average Bonchev–Trinajstić information content (AvgIpc) is 2.37. The molecule has 0 spiro atoms. The molecule has 100 valence electrons. The van der Waals surface area contributed by atoms with E-state index in [1.807, 2.05) is 44.4 Å². The van der Waals surface area contributed by atoms with E-state index in [4.69, 9.17) is 4.74 Å². The van der Waals surface area contributed by atoms with Gasteiger partial charge >= 0.3 is 0 Å². The average molecular weight is 257 g/mol. The first-order chi connectivity index (χ1) is 9.06. The minimum absolute atomic E-state index is 0.450. The Morgan fingerprint density at radius 2 is 2.00 bits per heavy atom. The van der Waals surface area contributed by atoms with Crippen molar-refractivity contribution in [2.24, 2.45) is 0 Å². The topological polar surface area (TPSA) is 42.4 Å². The van der Waals surface area contributed by atoms with Crippen LogP contribution in [-0.4, -0.2) is 10.1 Å². The lowest BCUT2D eigenvalue weighted by atomic mass is 10.1. The Balaban J connectivity index is 2.07. The van der Waals surface area contributed by atoms with Gasteiger partial charge in [-0.2, -0.15) is 0 Å². The van der Waals surface area contributed by atoms with E-state index in [0.717, 1.165) is 28.0 Å². The van der Waals surface area contributed by atoms with E-state index in [1.165, 1.54) is 0 Å². The van der Waals surface area contributed by atoms with Crippen molar-refractivity contribution >= 4 is 0 Å². The van der Waals surface area contributed by atoms with E-state index in [-0.39, 0.29) is 0 Å². The minimum atomic E-state index is -0.450. The summed E-state index contributed by atoms with van der Waals surface area (Å²) in [7, 11) is 0. The van der Waals surface area contributed by atoms with Gasteiger partial charge in [0, 0.05) is 18.0 Å². The lowest BCUT2D eigenvalue weighted by molar-refractivity contribution is 0.199. The monoisotopic (exact) mass is 257 g/mol. The van der Waals surface area contributed by atoms with Crippen LogP contribution in [0.25, 0.3) is 0 Å². The number of pyridine rings is 1. The molecule has 19 heavy (non-hydrogen) atoms. The van der Waals surface area contributed by atoms with Gasteiger partial charge in [0.2, 0.25) is 0 Å². The molecule has 0 saturated carbocycles. The summed E-state index contributed by atoms with van der Waals surface area (Å²) in [6, 6.07) is 7.81. The molecule has 1 unspecified atom stereocenters. The van der Waals surface area contributed by atoms with Crippen LogP contribution in [0, 0.1) is 13.8 Å². The first-order valence-electron chi connectivity index (χ1n) is 6.38. The summed E-state index contributed by atoms with van der Waals surface area (Å²) >= 11 is 0. The smallest absolute Gasteiger partial charge is 0.122 e. The number of ether oxygens (including phenoxy) is 1. The second-order valence-corrected chi connectivity index (χ2v) is 4.86. The van der Waals surface area contributed by atoms with Gasteiger partial charge < -0.3 is 9.84 Å². The molecule has 0 aliphatic carbocycles. The van der Waals surface area contributed by atoms with Gasteiger partial charge in [0.05, 0.1) is 6.10 Å². The fraction of sp³-hybridized carbons (Fsp3) is 0.312. The third kappa shape index (κ3) is 3.55. The largest absolute Gasteiger partial charge is 0.489 e. The van der Waals surface area contributed by atoms with E-state index in [2.05, 4.69) is 11.1 Å². The van der Waals surface area contributed by atoms with E-state index in [1.54, 1.807) is 6.92 Å². The molecular weight excluding hydrogens is 238 g/mol. The van der Waals surface area contributed by atoms with Crippen LogP contribution in [0.3, 0.4) is 0 Å². The maximum absolute atomic E-state index is 9.53. The van der Waals surface area contributed by atoms with Gasteiger partial charge in [-0.15, -0.1) is 0 Å². The third-order valence-corrected chi connectivity index (χ3v) is 3.01. The van der Waals surface area contributed by atoms with E-state index < -0.39 is 6.10 Å². The molecule has 1 aromatic carbocycles. The fourth-order valence-electron chi connectivity index (χ4n) is 1.95. The molecule has 0 bridgehead atoms. The Labute approximate surface area is 113 Å². The molecule has 0 saturated heterocycles. The highest BCUT2D eigenvalue weighted by Gasteiger charge is 2.05. The third-order valence-electron chi connectivity index (χ3n) is 3.01. The molecule has 0 radical (unpaired) electrons. The summed E-state index contributed by atoms with van der Waals surface area (Å²) < 4.78 is 5.79. The Hall–Kier alpha value is -1.87. The molecule has 0 amide bonds. The molecule has 3 heteroatoms. The van der Waals surface area contributed by atoms with Crippen molar-refractivity contribution in [2.45, 2.75) is 33.5 Å².